The van der Waals surface area contributed by atoms with Crippen LogP contribution >= 0.6 is 0 Å². The SMILES string of the molecule is CCOC(=O)N1CCN(C(=O)C(N)CC(C)C)CC1. The fourth-order valence-corrected chi connectivity index (χ4v) is 2.17. The van der Waals surface area contributed by atoms with Crippen molar-refractivity contribution in [3.8, 4) is 0 Å². The van der Waals surface area contributed by atoms with Gasteiger partial charge in [0.05, 0.1) is 12.6 Å². The Morgan fingerprint density at radius 2 is 1.68 bits per heavy atom. The number of hydrogen-bond donors (Lipinski definition) is 1. The van der Waals surface area contributed by atoms with Crippen LogP contribution in [0.25, 0.3) is 0 Å². The molecule has 1 heterocycles. The molecule has 6 nitrogen and oxygen atoms in total. The number of carbonyl (C=O) groups excluding carboxylic acids is 2. The van der Waals surface area contributed by atoms with E-state index in [1.807, 2.05) is 13.8 Å². The number of nitrogens with zero attached hydrogens (tertiary/aromatic N) is 2. The molecule has 0 spiro atoms. The minimum Gasteiger partial charge on any atom is -0.450 e. The summed E-state index contributed by atoms with van der Waals surface area (Å²) in [6.45, 7) is 8.34. The van der Waals surface area contributed by atoms with Crippen LogP contribution in [0.2, 0.25) is 0 Å². The summed E-state index contributed by atoms with van der Waals surface area (Å²) < 4.78 is 4.94. The third-order valence-corrected chi connectivity index (χ3v) is 3.16. The summed E-state index contributed by atoms with van der Waals surface area (Å²) in [7, 11) is 0. The first-order valence-corrected chi connectivity index (χ1v) is 6.91. The minimum absolute atomic E-state index is 0.0165. The van der Waals surface area contributed by atoms with Gasteiger partial charge in [-0.25, -0.2) is 4.79 Å². The van der Waals surface area contributed by atoms with Crippen molar-refractivity contribution in [2.24, 2.45) is 11.7 Å². The van der Waals surface area contributed by atoms with E-state index in [1.54, 1.807) is 16.7 Å². The van der Waals surface area contributed by atoms with Crippen molar-refractivity contribution < 1.29 is 14.3 Å². The van der Waals surface area contributed by atoms with Crippen LogP contribution in [0.1, 0.15) is 27.2 Å². The van der Waals surface area contributed by atoms with Gasteiger partial charge in [0.1, 0.15) is 0 Å². The van der Waals surface area contributed by atoms with Gasteiger partial charge in [0.25, 0.3) is 0 Å². The molecule has 2 amide bonds. The van der Waals surface area contributed by atoms with Crippen LogP contribution in [0.15, 0.2) is 0 Å². The molecule has 1 aliphatic rings. The molecule has 0 bridgehead atoms. The van der Waals surface area contributed by atoms with E-state index in [9.17, 15) is 9.59 Å². The topological polar surface area (TPSA) is 75.9 Å². The van der Waals surface area contributed by atoms with Crippen molar-refractivity contribution in [2.45, 2.75) is 33.2 Å². The number of nitrogens with two attached hydrogens (primary N) is 1. The lowest BCUT2D eigenvalue weighted by Crippen LogP contribution is -2.54. The zero-order chi connectivity index (χ0) is 14.4. The molecule has 1 aliphatic heterocycles. The first-order chi connectivity index (χ1) is 8.95. The first kappa shape index (κ1) is 15.8. The number of carbonyl (C=O) groups is 2. The van der Waals surface area contributed by atoms with Gasteiger partial charge in [-0.3, -0.25) is 4.79 Å². The van der Waals surface area contributed by atoms with Crippen molar-refractivity contribution in [1.29, 1.82) is 0 Å². The third kappa shape index (κ3) is 4.70. The van der Waals surface area contributed by atoms with Gasteiger partial charge in [0.15, 0.2) is 0 Å². The Labute approximate surface area is 114 Å². The number of ether oxygens (including phenoxy) is 1. The smallest absolute Gasteiger partial charge is 0.409 e. The zero-order valence-electron chi connectivity index (χ0n) is 12.1. The molecule has 0 saturated carbocycles. The molecule has 19 heavy (non-hydrogen) atoms. The predicted molar refractivity (Wildman–Crippen MR) is 72.6 cm³/mol. The van der Waals surface area contributed by atoms with Crippen molar-refractivity contribution in [1.82, 2.24) is 9.80 Å². The summed E-state index contributed by atoms with van der Waals surface area (Å²) >= 11 is 0. The zero-order valence-corrected chi connectivity index (χ0v) is 12.1. The molecule has 0 radical (unpaired) electrons. The van der Waals surface area contributed by atoms with Crippen LogP contribution in [-0.4, -0.2) is 60.6 Å². The summed E-state index contributed by atoms with van der Waals surface area (Å²) in [4.78, 5) is 27.0. The second kappa shape index (κ2) is 7.33. The molecule has 0 aromatic carbocycles. The Morgan fingerprint density at radius 1 is 1.16 bits per heavy atom. The molecular formula is C13H25N3O3. The molecule has 1 fully saturated rings. The molecule has 0 aromatic rings. The van der Waals surface area contributed by atoms with Crippen LogP contribution in [-0.2, 0) is 9.53 Å². The third-order valence-electron chi connectivity index (χ3n) is 3.16. The summed E-state index contributed by atoms with van der Waals surface area (Å²) in [5.74, 6) is 0.386. The van der Waals surface area contributed by atoms with Gasteiger partial charge in [0.2, 0.25) is 5.91 Å². The highest BCUT2D eigenvalue weighted by molar-refractivity contribution is 5.82. The van der Waals surface area contributed by atoms with Gasteiger partial charge in [-0.1, -0.05) is 13.8 Å². The standard InChI is InChI=1S/C13H25N3O3/c1-4-19-13(18)16-7-5-15(6-8-16)12(17)11(14)9-10(2)3/h10-11H,4-9,14H2,1-3H3. The van der Waals surface area contributed by atoms with Crippen molar-refractivity contribution >= 4 is 12.0 Å². The van der Waals surface area contributed by atoms with E-state index < -0.39 is 6.04 Å². The average Bonchev–Trinajstić information content (AvgIpc) is 2.37. The summed E-state index contributed by atoms with van der Waals surface area (Å²) in [6.07, 6.45) is 0.387. The summed E-state index contributed by atoms with van der Waals surface area (Å²) in [5.41, 5.74) is 5.89. The summed E-state index contributed by atoms with van der Waals surface area (Å²) in [6, 6.07) is -0.436. The van der Waals surface area contributed by atoms with Gasteiger partial charge < -0.3 is 20.3 Å². The number of piperazine rings is 1. The van der Waals surface area contributed by atoms with E-state index in [4.69, 9.17) is 10.5 Å². The van der Waals surface area contributed by atoms with E-state index >= 15 is 0 Å². The van der Waals surface area contributed by atoms with Gasteiger partial charge in [-0.05, 0) is 19.3 Å². The van der Waals surface area contributed by atoms with E-state index in [0.29, 0.717) is 45.1 Å². The maximum atomic E-state index is 12.1. The van der Waals surface area contributed by atoms with Gasteiger partial charge in [-0.15, -0.1) is 0 Å². The Hall–Kier alpha value is -1.30. The van der Waals surface area contributed by atoms with Crippen molar-refractivity contribution in [3.63, 3.8) is 0 Å². The molecular weight excluding hydrogens is 246 g/mol. The maximum Gasteiger partial charge on any atom is 0.409 e. The quantitative estimate of drug-likeness (QED) is 0.815. The Bertz CT molecular complexity index is 312. The fraction of sp³-hybridized carbons (Fsp3) is 0.846. The molecule has 1 rings (SSSR count). The van der Waals surface area contributed by atoms with Crippen LogP contribution in [0, 0.1) is 5.92 Å². The highest BCUT2D eigenvalue weighted by Gasteiger charge is 2.27. The molecule has 1 atom stereocenters. The second-order valence-electron chi connectivity index (χ2n) is 5.25. The molecule has 1 saturated heterocycles. The highest BCUT2D eigenvalue weighted by atomic mass is 16.6. The van der Waals surface area contributed by atoms with Crippen LogP contribution in [0.3, 0.4) is 0 Å². The predicted octanol–water partition coefficient (Wildman–Crippen LogP) is 0.661. The molecule has 0 aliphatic carbocycles. The first-order valence-electron chi connectivity index (χ1n) is 6.91. The fourth-order valence-electron chi connectivity index (χ4n) is 2.17. The Morgan fingerprint density at radius 3 is 2.16 bits per heavy atom. The Kier molecular flexibility index (Phi) is 6.08. The normalized spacial score (nSPS) is 17.5. The number of hydrogen-bond acceptors (Lipinski definition) is 4. The average molecular weight is 271 g/mol. The van der Waals surface area contributed by atoms with E-state index in [0.717, 1.165) is 0 Å². The van der Waals surface area contributed by atoms with Crippen LogP contribution in [0.5, 0.6) is 0 Å². The lowest BCUT2D eigenvalue weighted by molar-refractivity contribution is -0.134. The number of rotatable bonds is 4. The van der Waals surface area contributed by atoms with Crippen molar-refractivity contribution in [3.05, 3.63) is 0 Å². The minimum atomic E-state index is -0.436. The van der Waals surface area contributed by atoms with Crippen LogP contribution < -0.4 is 5.73 Å². The molecule has 110 valence electrons. The van der Waals surface area contributed by atoms with E-state index in [-0.39, 0.29) is 12.0 Å². The highest BCUT2D eigenvalue weighted by Crippen LogP contribution is 2.09. The monoisotopic (exact) mass is 271 g/mol. The van der Waals surface area contributed by atoms with Gasteiger partial charge in [-0.2, -0.15) is 0 Å². The van der Waals surface area contributed by atoms with E-state index in [2.05, 4.69) is 0 Å². The molecule has 1 unspecified atom stereocenters. The molecule has 0 aromatic heterocycles. The maximum absolute atomic E-state index is 12.1. The van der Waals surface area contributed by atoms with Gasteiger partial charge >= 0.3 is 6.09 Å². The second-order valence-corrected chi connectivity index (χ2v) is 5.25. The van der Waals surface area contributed by atoms with Gasteiger partial charge in [0, 0.05) is 26.2 Å². The molecule has 6 heteroatoms. The largest absolute Gasteiger partial charge is 0.450 e. The Balaban J connectivity index is 2.40. The van der Waals surface area contributed by atoms with Crippen LogP contribution in [0.4, 0.5) is 4.79 Å². The number of amides is 2. The van der Waals surface area contributed by atoms with Crippen molar-refractivity contribution in [2.75, 3.05) is 32.8 Å². The summed E-state index contributed by atoms with van der Waals surface area (Å²) in [5, 5.41) is 0. The van der Waals surface area contributed by atoms with E-state index in [1.165, 1.54) is 0 Å². The lowest BCUT2D eigenvalue weighted by atomic mass is 10.0. The lowest BCUT2D eigenvalue weighted by Gasteiger charge is -2.35. The molecule has 2 N–H and O–H groups in total.